The van der Waals surface area contributed by atoms with E-state index in [1.165, 1.54) is 6.07 Å². The second-order valence-electron chi connectivity index (χ2n) is 5.80. The van der Waals surface area contributed by atoms with E-state index in [0.29, 0.717) is 34.5 Å². The number of imidazole rings is 1. The monoisotopic (exact) mass is 327 g/mol. The number of halogens is 1. The number of benzene rings is 1. The maximum atomic E-state index is 14.3. The Morgan fingerprint density at radius 3 is 2.88 bits per heavy atom. The number of aromatic nitrogens is 2. The summed E-state index contributed by atoms with van der Waals surface area (Å²) in [5, 5.41) is 12.1. The van der Waals surface area contributed by atoms with Crippen LogP contribution in [0.1, 0.15) is 35.9 Å². The van der Waals surface area contributed by atoms with Crippen LogP contribution >= 0.6 is 0 Å². The molecule has 3 rings (SSSR count). The van der Waals surface area contributed by atoms with Gasteiger partial charge in [-0.1, -0.05) is 12.2 Å². The molecule has 0 saturated carbocycles. The fourth-order valence-corrected chi connectivity index (χ4v) is 2.63. The first-order chi connectivity index (χ1) is 11.5. The minimum absolute atomic E-state index is 0.289. The van der Waals surface area contributed by atoms with Crippen molar-refractivity contribution in [1.82, 2.24) is 9.97 Å². The number of nitrogens with one attached hydrogen (secondary N) is 2. The number of carbonyl (C=O) groups is 1. The first-order valence-electron chi connectivity index (χ1n) is 7.68. The van der Waals surface area contributed by atoms with Gasteiger partial charge in [0.2, 0.25) is 0 Å². The van der Waals surface area contributed by atoms with Crippen molar-refractivity contribution in [3.8, 4) is 0 Å². The molecule has 124 valence electrons. The lowest BCUT2D eigenvalue weighted by atomic mass is 9.98. The highest BCUT2D eigenvalue weighted by Gasteiger charge is 2.28. The van der Waals surface area contributed by atoms with Crippen molar-refractivity contribution in [2.45, 2.75) is 26.4 Å². The number of aliphatic hydroxyl groups excluding tert-OH is 1. The summed E-state index contributed by atoms with van der Waals surface area (Å²) in [6.45, 7) is 3.51. The van der Waals surface area contributed by atoms with Crippen molar-refractivity contribution in [3.63, 3.8) is 0 Å². The summed E-state index contributed by atoms with van der Waals surface area (Å²) in [7, 11) is 0. The van der Waals surface area contributed by atoms with Gasteiger partial charge < -0.3 is 15.4 Å². The first-order valence-corrected chi connectivity index (χ1v) is 7.68. The molecule has 2 aromatic rings. The molecule has 1 aliphatic rings. The number of anilines is 1. The molecule has 0 radical (unpaired) electrons. The number of carbonyl (C=O) groups excluding carboxylic acids is 1. The smallest absolute Gasteiger partial charge is 0.256 e. The molecule has 0 spiro atoms. The number of aryl methyl sites for hydroxylation is 1. The number of rotatable bonds is 4. The third-order valence-electron chi connectivity index (χ3n) is 3.87. The van der Waals surface area contributed by atoms with Gasteiger partial charge in [0, 0.05) is 22.5 Å². The van der Waals surface area contributed by atoms with E-state index >= 15 is 0 Å². The van der Waals surface area contributed by atoms with Gasteiger partial charge in [0.15, 0.2) is 0 Å². The quantitative estimate of drug-likeness (QED) is 0.755. The standard InChI is InChI=1S/C18H18FN3O2/c1-10(23)4-3-5-12-14(19)6-7-15-17(12)13(18(24)22-15)8-16-11(2)20-9-21-16/h3,5-10,23H,4H2,1-2H3,(H,20,21)(H,22,24)/b5-3?,13-8-. The molecule has 1 unspecified atom stereocenters. The third-order valence-corrected chi connectivity index (χ3v) is 3.87. The van der Waals surface area contributed by atoms with Gasteiger partial charge in [-0.15, -0.1) is 0 Å². The molecule has 0 aliphatic carbocycles. The third kappa shape index (κ3) is 3.00. The summed E-state index contributed by atoms with van der Waals surface area (Å²) in [5.41, 5.74) is 3.24. The zero-order chi connectivity index (χ0) is 17.3. The van der Waals surface area contributed by atoms with E-state index in [9.17, 15) is 14.3 Å². The minimum Gasteiger partial charge on any atom is -0.393 e. The Hall–Kier alpha value is -2.73. The Labute approximate surface area is 138 Å². The van der Waals surface area contributed by atoms with E-state index in [0.717, 1.165) is 5.69 Å². The summed E-state index contributed by atoms with van der Waals surface area (Å²) in [6.07, 6.45) is 6.39. The van der Waals surface area contributed by atoms with Crippen LogP contribution in [0.3, 0.4) is 0 Å². The Kier molecular flexibility index (Phi) is 4.31. The van der Waals surface area contributed by atoms with Crippen molar-refractivity contribution >= 4 is 29.3 Å². The molecule has 1 aromatic heterocycles. The number of fused-ring (bicyclic) bond motifs is 1. The summed E-state index contributed by atoms with van der Waals surface area (Å²) < 4.78 is 14.3. The van der Waals surface area contributed by atoms with Crippen LogP contribution in [0.15, 0.2) is 24.5 Å². The van der Waals surface area contributed by atoms with Gasteiger partial charge >= 0.3 is 0 Å². The van der Waals surface area contributed by atoms with Crippen molar-refractivity contribution in [1.29, 1.82) is 0 Å². The summed E-state index contributed by atoms with van der Waals surface area (Å²) in [4.78, 5) is 19.4. The average molecular weight is 327 g/mol. The van der Waals surface area contributed by atoms with E-state index in [-0.39, 0.29) is 5.91 Å². The predicted molar refractivity (Wildman–Crippen MR) is 91.6 cm³/mol. The fraction of sp³-hybridized carbons (Fsp3) is 0.222. The molecule has 0 saturated heterocycles. The van der Waals surface area contributed by atoms with Gasteiger partial charge in [-0.3, -0.25) is 4.79 Å². The van der Waals surface area contributed by atoms with Crippen LogP contribution in [0.2, 0.25) is 0 Å². The van der Waals surface area contributed by atoms with Gasteiger partial charge in [-0.25, -0.2) is 9.37 Å². The molecule has 5 nitrogen and oxygen atoms in total. The van der Waals surface area contributed by atoms with Crippen LogP contribution < -0.4 is 5.32 Å². The molecule has 24 heavy (non-hydrogen) atoms. The number of nitrogens with zero attached hydrogens (tertiary/aromatic N) is 1. The number of hydrogen-bond donors (Lipinski definition) is 3. The van der Waals surface area contributed by atoms with Crippen molar-refractivity contribution in [3.05, 3.63) is 52.9 Å². The first kappa shape index (κ1) is 16.1. The van der Waals surface area contributed by atoms with E-state index in [1.54, 1.807) is 37.5 Å². The number of H-pyrrole nitrogens is 1. The number of amides is 1. The molecule has 1 aliphatic heterocycles. The van der Waals surface area contributed by atoms with Gasteiger partial charge in [0.05, 0.1) is 23.7 Å². The predicted octanol–water partition coefficient (Wildman–Crippen LogP) is 3.13. The maximum Gasteiger partial charge on any atom is 0.256 e. The highest BCUT2D eigenvalue weighted by molar-refractivity contribution is 6.35. The maximum absolute atomic E-state index is 14.3. The Balaban J connectivity index is 2.10. The Morgan fingerprint density at radius 1 is 1.42 bits per heavy atom. The average Bonchev–Trinajstić information content (AvgIpc) is 3.06. The second kappa shape index (κ2) is 6.41. The van der Waals surface area contributed by atoms with Gasteiger partial charge in [0.25, 0.3) is 5.91 Å². The van der Waals surface area contributed by atoms with Crippen molar-refractivity contribution in [2.75, 3.05) is 5.32 Å². The van der Waals surface area contributed by atoms with E-state index in [2.05, 4.69) is 15.3 Å². The van der Waals surface area contributed by atoms with E-state index in [1.807, 2.05) is 6.92 Å². The molecular formula is C18H18FN3O2. The van der Waals surface area contributed by atoms with E-state index in [4.69, 9.17) is 0 Å². The molecular weight excluding hydrogens is 309 g/mol. The molecule has 0 fully saturated rings. The van der Waals surface area contributed by atoms with Crippen LogP contribution in [-0.2, 0) is 4.79 Å². The topological polar surface area (TPSA) is 78.0 Å². The van der Waals surface area contributed by atoms with Crippen LogP contribution in [0.4, 0.5) is 10.1 Å². The van der Waals surface area contributed by atoms with Crippen molar-refractivity contribution < 1.29 is 14.3 Å². The van der Waals surface area contributed by atoms with E-state index < -0.39 is 11.9 Å². The SMILES string of the molecule is Cc1[nH]cnc1/C=C1\C(=O)Nc2ccc(F)c(C=CCC(C)O)c21. The highest BCUT2D eigenvalue weighted by atomic mass is 19.1. The number of hydrogen-bond acceptors (Lipinski definition) is 3. The lowest BCUT2D eigenvalue weighted by Gasteiger charge is -2.06. The van der Waals surface area contributed by atoms with Gasteiger partial charge in [-0.05, 0) is 38.5 Å². The van der Waals surface area contributed by atoms with Crippen LogP contribution in [0.5, 0.6) is 0 Å². The van der Waals surface area contributed by atoms with Gasteiger partial charge in [-0.2, -0.15) is 0 Å². The molecule has 3 N–H and O–H groups in total. The normalized spacial score (nSPS) is 16.7. The lowest BCUT2D eigenvalue weighted by molar-refractivity contribution is -0.110. The second-order valence-corrected chi connectivity index (χ2v) is 5.80. The number of aliphatic hydroxyl groups is 1. The zero-order valence-electron chi connectivity index (χ0n) is 13.4. The molecule has 1 atom stereocenters. The molecule has 2 heterocycles. The highest BCUT2D eigenvalue weighted by Crippen LogP contribution is 2.37. The summed E-state index contributed by atoms with van der Waals surface area (Å²) in [5.74, 6) is -0.708. The minimum atomic E-state index is -0.512. The summed E-state index contributed by atoms with van der Waals surface area (Å²) >= 11 is 0. The van der Waals surface area contributed by atoms with Crippen LogP contribution in [0, 0.1) is 12.7 Å². The molecule has 1 aromatic carbocycles. The molecule has 0 bridgehead atoms. The molecule has 6 heteroatoms. The zero-order valence-corrected chi connectivity index (χ0v) is 13.4. The van der Waals surface area contributed by atoms with Gasteiger partial charge in [0.1, 0.15) is 5.82 Å². The Morgan fingerprint density at radius 2 is 2.21 bits per heavy atom. The summed E-state index contributed by atoms with van der Waals surface area (Å²) in [6, 6.07) is 2.87. The lowest BCUT2D eigenvalue weighted by Crippen LogP contribution is -2.03. The van der Waals surface area contributed by atoms with Crippen LogP contribution in [-0.4, -0.2) is 27.1 Å². The van der Waals surface area contributed by atoms with Crippen LogP contribution in [0.25, 0.3) is 17.7 Å². The Bertz CT molecular complexity index is 850. The molecule has 1 amide bonds. The van der Waals surface area contributed by atoms with Crippen molar-refractivity contribution in [2.24, 2.45) is 0 Å². The number of aromatic amines is 1. The fourth-order valence-electron chi connectivity index (χ4n) is 2.63. The largest absolute Gasteiger partial charge is 0.393 e.